The largest absolute Gasteiger partial charge is 0.444 e. The fraction of sp³-hybridized carbons (Fsp3) is 0.250. The van der Waals surface area contributed by atoms with Crippen molar-refractivity contribution in [2.45, 2.75) is 19.8 Å². The third kappa shape index (κ3) is 1.91. The predicted molar refractivity (Wildman–Crippen MR) is 56.0 cm³/mol. The van der Waals surface area contributed by atoms with E-state index < -0.39 is 0 Å². The van der Waals surface area contributed by atoms with E-state index in [4.69, 9.17) is 4.42 Å². The smallest absolute Gasteiger partial charge is 0.181 e. The maximum Gasteiger partial charge on any atom is 0.181 e. The minimum atomic E-state index is -0.195. The van der Waals surface area contributed by atoms with E-state index in [0.717, 1.165) is 11.1 Å². The van der Waals surface area contributed by atoms with Crippen molar-refractivity contribution >= 4 is 0 Å². The summed E-state index contributed by atoms with van der Waals surface area (Å²) in [6.07, 6.45) is 2.91. The Kier molecular flexibility index (Phi) is 2.54. The van der Waals surface area contributed by atoms with Gasteiger partial charge in [0.25, 0.3) is 0 Å². The molecule has 1 aromatic carbocycles. The molecule has 1 heterocycles. The molecule has 0 aliphatic carbocycles. The molecule has 2 aromatic rings. The van der Waals surface area contributed by atoms with E-state index in [1.807, 2.05) is 19.9 Å². The lowest BCUT2D eigenvalue weighted by molar-refractivity contribution is 0.568. The molecule has 0 unspecified atom stereocenters. The van der Waals surface area contributed by atoms with Gasteiger partial charge in [-0.25, -0.2) is 9.37 Å². The first kappa shape index (κ1) is 9.90. The number of halogens is 1. The van der Waals surface area contributed by atoms with E-state index >= 15 is 0 Å². The van der Waals surface area contributed by atoms with E-state index in [0.29, 0.717) is 5.76 Å². The molecule has 0 aliphatic rings. The number of aromatic nitrogens is 1. The zero-order valence-corrected chi connectivity index (χ0v) is 8.70. The van der Waals surface area contributed by atoms with Crippen LogP contribution < -0.4 is 0 Å². The number of hydrogen-bond acceptors (Lipinski definition) is 2. The summed E-state index contributed by atoms with van der Waals surface area (Å²) < 4.78 is 18.7. The number of rotatable bonds is 2. The van der Waals surface area contributed by atoms with Gasteiger partial charge in [0.15, 0.2) is 12.2 Å². The van der Waals surface area contributed by atoms with Crippen molar-refractivity contribution < 1.29 is 8.81 Å². The Labute approximate surface area is 87.8 Å². The summed E-state index contributed by atoms with van der Waals surface area (Å²) in [5.74, 6) is 0.580. The first-order chi connectivity index (χ1) is 7.18. The molecule has 15 heavy (non-hydrogen) atoms. The predicted octanol–water partition coefficient (Wildman–Crippen LogP) is 3.60. The van der Waals surface area contributed by atoms with Crippen LogP contribution in [-0.2, 0) is 0 Å². The quantitative estimate of drug-likeness (QED) is 0.748. The summed E-state index contributed by atoms with van der Waals surface area (Å²) in [7, 11) is 0. The molecule has 78 valence electrons. The van der Waals surface area contributed by atoms with Gasteiger partial charge in [0.05, 0.1) is 6.20 Å². The van der Waals surface area contributed by atoms with Crippen molar-refractivity contribution in [3.05, 3.63) is 42.2 Å². The monoisotopic (exact) mass is 205 g/mol. The molecule has 0 saturated heterocycles. The minimum Gasteiger partial charge on any atom is -0.444 e. The van der Waals surface area contributed by atoms with E-state index in [2.05, 4.69) is 4.98 Å². The number of hydrogen-bond donors (Lipinski definition) is 0. The third-order valence-electron chi connectivity index (χ3n) is 2.34. The molecule has 0 radical (unpaired) electrons. The van der Waals surface area contributed by atoms with Gasteiger partial charge in [-0.2, -0.15) is 0 Å². The Morgan fingerprint density at radius 2 is 2.13 bits per heavy atom. The Balaban J connectivity index is 2.42. The van der Waals surface area contributed by atoms with Gasteiger partial charge >= 0.3 is 0 Å². The normalized spacial score (nSPS) is 10.9. The zero-order chi connectivity index (χ0) is 10.8. The highest BCUT2D eigenvalue weighted by molar-refractivity contribution is 5.56. The SMILES string of the molecule is CC(C)c1ccc(-c2cnco2)cc1F. The average molecular weight is 205 g/mol. The zero-order valence-electron chi connectivity index (χ0n) is 8.70. The fourth-order valence-electron chi connectivity index (χ4n) is 1.51. The van der Waals surface area contributed by atoms with E-state index in [-0.39, 0.29) is 11.7 Å². The first-order valence-electron chi connectivity index (χ1n) is 4.87. The average Bonchev–Trinajstić information content (AvgIpc) is 2.69. The van der Waals surface area contributed by atoms with E-state index in [1.54, 1.807) is 12.3 Å². The molecule has 0 N–H and O–H groups in total. The van der Waals surface area contributed by atoms with Gasteiger partial charge in [-0.15, -0.1) is 0 Å². The number of nitrogens with zero attached hydrogens (tertiary/aromatic N) is 1. The molecule has 0 spiro atoms. The molecule has 0 bridgehead atoms. The van der Waals surface area contributed by atoms with Crippen molar-refractivity contribution in [2.24, 2.45) is 0 Å². The first-order valence-corrected chi connectivity index (χ1v) is 4.87. The van der Waals surface area contributed by atoms with Gasteiger partial charge in [0.1, 0.15) is 5.82 Å². The minimum absolute atomic E-state index is 0.189. The summed E-state index contributed by atoms with van der Waals surface area (Å²) in [6.45, 7) is 3.93. The molecule has 2 rings (SSSR count). The van der Waals surface area contributed by atoms with Crippen molar-refractivity contribution in [1.29, 1.82) is 0 Å². The second-order valence-electron chi connectivity index (χ2n) is 3.76. The van der Waals surface area contributed by atoms with Crippen molar-refractivity contribution in [2.75, 3.05) is 0 Å². The highest BCUT2D eigenvalue weighted by Crippen LogP contribution is 2.25. The van der Waals surface area contributed by atoms with E-state index in [1.165, 1.54) is 12.5 Å². The van der Waals surface area contributed by atoms with Gasteiger partial charge in [-0.1, -0.05) is 26.0 Å². The molecular weight excluding hydrogens is 193 g/mol. The topological polar surface area (TPSA) is 26.0 Å². The lowest BCUT2D eigenvalue weighted by Crippen LogP contribution is -1.92. The molecule has 2 nitrogen and oxygen atoms in total. The molecule has 0 amide bonds. The van der Waals surface area contributed by atoms with Crippen LogP contribution in [0.15, 0.2) is 35.2 Å². The van der Waals surface area contributed by atoms with Crippen LogP contribution >= 0.6 is 0 Å². The summed E-state index contributed by atoms with van der Waals surface area (Å²) in [5.41, 5.74) is 1.44. The van der Waals surface area contributed by atoms with Crippen molar-refractivity contribution in [1.82, 2.24) is 4.98 Å². The van der Waals surface area contributed by atoms with Crippen molar-refractivity contribution in [3.8, 4) is 11.3 Å². The summed E-state index contributed by atoms with van der Waals surface area (Å²) in [5, 5.41) is 0. The Hall–Kier alpha value is -1.64. The van der Waals surface area contributed by atoms with Crippen LogP contribution in [0.25, 0.3) is 11.3 Å². The van der Waals surface area contributed by atoms with Crippen LogP contribution in [0.5, 0.6) is 0 Å². The maximum absolute atomic E-state index is 13.6. The maximum atomic E-state index is 13.6. The van der Waals surface area contributed by atoms with Gasteiger partial charge in [-0.05, 0) is 17.5 Å². The standard InChI is InChI=1S/C12H12FNO/c1-8(2)10-4-3-9(5-11(10)13)12-6-14-7-15-12/h3-8H,1-2H3. The van der Waals surface area contributed by atoms with Gasteiger partial charge in [0.2, 0.25) is 0 Å². The van der Waals surface area contributed by atoms with Crippen molar-refractivity contribution in [3.63, 3.8) is 0 Å². The Morgan fingerprint density at radius 1 is 1.33 bits per heavy atom. The summed E-state index contributed by atoms with van der Waals surface area (Å²) in [4.78, 5) is 3.80. The Bertz CT molecular complexity index is 449. The van der Waals surface area contributed by atoms with E-state index in [9.17, 15) is 4.39 Å². The summed E-state index contributed by atoms with van der Waals surface area (Å²) in [6, 6.07) is 5.12. The highest BCUT2D eigenvalue weighted by Gasteiger charge is 2.09. The van der Waals surface area contributed by atoms with Crippen LogP contribution in [0.1, 0.15) is 25.3 Å². The van der Waals surface area contributed by atoms with Crippen LogP contribution in [0.4, 0.5) is 4.39 Å². The van der Waals surface area contributed by atoms with Gasteiger partial charge in [-0.3, -0.25) is 0 Å². The molecule has 0 aliphatic heterocycles. The lowest BCUT2D eigenvalue weighted by Gasteiger charge is -2.07. The molecule has 1 aromatic heterocycles. The van der Waals surface area contributed by atoms with Crippen LogP contribution in [0, 0.1) is 5.82 Å². The highest BCUT2D eigenvalue weighted by atomic mass is 19.1. The molecule has 3 heteroatoms. The Morgan fingerprint density at radius 3 is 2.67 bits per heavy atom. The summed E-state index contributed by atoms with van der Waals surface area (Å²) >= 11 is 0. The van der Waals surface area contributed by atoms with Gasteiger partial charge in [0, 0.05) is 5.56 Å². The second kappa shape index (κ2) is 3.85. The second-order valence-corrected chi connectivity index (χ2v) is 3.76. The third-order valence-corrected chi connectivity index (χ3v) is 2.34. The lowest BCUT2D eigenvalue weighted by atomic mass is 10.0. The van der Waals surface area contributed by atoms with Crippen LogP contribution in [-0.4, -0.2) is 4.98 Å². The number of benzene rings is 1. The fourth-order valence-corrected chi connectivity index (χ4v) is 1.51. The molecule has 0 fully saturated rings. The molecule has 0 saturated carbocycles. The molecular formula is C12H12FNO. The molecule has 0 atom stereocenters. The van der Waals surface area contributed by atoms with Crippen LogP contribution in [0.2, 0.25) is 0 Å². The number of oxazole rings is 1. The van der Waals surface area contributed by atoms with Gasteiger partial charge < -0.3 is 4.42 Å². The van der Waals surface area contributed by atoms with Crippen LogP contribution in [0.3, 0.4) is 0 Å².